The maximum atomic E-state index is 12.1. The topological polar surface area (TPSA) is 76.0 Å². The molecule has 0 saturated heterocycles. The minimum Gasteiger partial charge on any atom is -0.266 e. The number of carbonyl (C=O) groups is 2. The second-order valence-electron chi connectivity index (χ2n) is 5.06. The Hall–Kier alpha value is -2.35. The summed E-state index contributed by atoms with van der Waals surface area (Å²) in [4.78, 5) is 25.6. The maximum absolute atomic E-state index is 12.1. The van der Waals surface area contributed by atoms with Crippen molar-refractivity contribution in [1.29, 1.82) is 0 Å². The molecule has 25 heavy (non-hydrogen) atoms. The lowest BCUT2D eigenvalue weighted by atomic mass is 10.3. The fourth-order valence-electron chi connectivity index (χ4n) is 2.01. The van der Waals surface area contributed by atoms with E-state index in [1.807, 2.05) is 13.0 Å². The van der Waals surface area contributed by atoms with Crippen LogP contribution in [-0.2, 0) is 0 Å². The number of rotatable bonds is 3. The van der Waals surface area contributed by atoms with Gasteiger partial charge in [0.05, 0.1) is 20.6 Å². The Morgan fingerprint density at radius 1 is 1.04 bits per heavy atom. The third-order valence-corrected chi connectivity index (χ3v) is 4.98. The largest absolute Gasteiger partial charge is 0.290 e. The van der Waals surface area contributed by atoms with Crippen molar-refractivity contribution >= 4 is 46.4 Å². The molecule has 0 aliphatic carbocycles. The van der Waals surface area contributed by atoms with Gasteiger partial charge >= 0.3 is 0 Å². The number of hydrogen-bond donors (Lipinski definition) is 2. The molecule has 9 heteroatoms. The first kappa shape index (κ1) is 17.5. The predicted molar refractivity (Wildman–Crippen MR) is 97.6 cm³/mol. The van der Waals surface area contributed by atoms with Gasteiger partial charge in [0.2, 0.25) is 0 Å². The van der Waals surface area contributed by atoms with Crippen molar-refractivity contribution < 1.29 is 9.59 Å². The molecule has 0 spiro atoms. The lowest BCUT2D eigenvalue weighted by Gasteiger charge is -2.05. The van der Waals surface area contributed by atoms with Crippen molar-refractivity contribution in [3.63, 3.8) is 0 Å². The monoisotopic (exact) mass is 394 g/mol. The first-order valence-corrected chi connectivity index (χ1v) is 8.69. The number of aromatic nitrogens is 2. The summed E-state index contributed by atoms with van der Waals surface area (Å²) in [6.45, 7) is 1.90. The fourth-order valence-corrected chi connectivity index (χ4v) is 3.07. The number of aryl methyl sites for hydroxylation is 1. The zero-order valence-electron chi connectivity index (χ0n) is 12.9. The summed E-state index contributed by atoms with van der Waals surface area (Å²) in [5.41, 5.74) is 5.50. The van der Waals surface area contributed by atoms with Gasteiger partial charge < -0.3 is 0 Å². The number of hydrogen-bond acceptors (Lipinski definition) is 4. The molecular formula is C16H12Cl2N4O2S. The normalized spacial score (nSPS) is 10.5. The SMILES string of the molecule is Cc1ccc(C(=O)NNC(=O)c2ccn(-c3ccc(Cl)c(Cl)c3)n2)s1. The van der Waals surface area contributed by atoms with Gasteiger partial charge in [0.15, 0.2) is 5.69 Å². The van der Waals surface area contributed by atoms with Crippen LogP contribution < -0.4 is 10.9 Å². The van der Waals surface area contributed by atoms with Crippen LogP contribution in [0.3, 0.4) is 0 Å². The van der Waals surface area contributed by atoms with Crippen LogP contribution >= 0.6 is 34.5 Å². The maximum Gasteiger partial charge on any atom is 0.290 e. The summed E-state index contributed by atoms with van der Waals surface area (Å²) in [7, 11) is 0. The number of carbonyl (C=O) groups excluding carboxylic acids is 2. The van der Waals surface area contributed by atoms with E-state index in [1.165, 1.54) is 22.1 Å². The van der Waals surface area contributed by atoms with Gasteiger partial charge in [-0.2, -0.15) is 5.10 Å². The van der Waals surface area contributed by atoms with E-state index in [1.54, 1.807) is 30.5 Å². The number of amides is 2. The molecule has 0 bridgehead atoms. The van der Waals surface area contributed by atoms with E-state index >= 15 is 0 Å². The van der Waals surface area contributed by atoms with Gasteiger partial charge in [-0.3, -0.25) is 20.4 Å². The van der Waals surface area contributed by atoms with E-state index in [-0.39, 0.29) is 11.6 Å². The van der Waals surface area contributed by atoms with Crippen LogP contribution in [0.15, 0.2) is 42.6 Å². The molecule has 2 aromatic heterocycles. The summed E-state index contributed by atoms with van der Waals surface area (Å²) in [6.07, 6.45) is 1.61. The smallest absolute Gasteiger partial charge is 0.266 e. The summed E-state index contributed by atoms with van der Waals surface area (Å²) in [5, 5.41) is 4.98. The molecule has 0 aliphatic rings. The highest BCUT2D eigenvalue weighted by Crippen LogP contribution is 2.24. The standard InChI is InChI=1S/C16H12Cl2N4O2S/c1-9-2-5-14(25-9)16(24)20-19-15(23)13-6-7-22(21-13)10-3-4-11(17)12(18)8-10/h2-8H,1H3,(H,19,23)(H,20,24). The van der Waals surface area contributed by atoms with Crippen LogP contribution in [0, 0.1) is 6.92 Å². The molecule has 2 amide bonds. The molecule has 2 heterocycles. The van der Waals surface area contributed by atoms with Gasteiger partial charge in [0, 0.05) is 11.1 Å². The van der Waals surface area contributed by atoms with Crippen LogP contribution in [0.4, 0.5) is 0 Å². The van der Waals surface area contributed by atoms with Gasteiger partial charge in [-0.05, 0) is 43.3 Å². The zero-order chi connectivity index (χ0) is 18.0. The van der Waals surface area contributed by atoms with Gasteiger partial charge in [0.1, 0.15) is 0 Å². The van der Waals surface area contributed by atoms with Crippen molar-refractivity contribution in [3.8, 4) is 5.69 Å². The Balaban J connectivity index is 1.66. The highest BCUT2D eigenvalue weighted by atomic mass is 35.5. The van der Waals surface area contributed by atoms with Crippen molar-refractivity contribution in [2.75, 3.05) is 0 Å². The van der Waals surface area contributed by atoms with Gasteiger partial charge in [-0.1, -0.05) is 23.2 Å². The molecule has 0 radical (unpaired) electrons. The summed E-state index contributed by atoms with van der Waals surface area (Å²) in [5.74, 6) is -0.907. The van der Waals surface area contributed by atoms with Crippen molar-refractivity contribution in [2.24, 2.45) is 0 Å². The second kappa shape index (κ2) is 7.26. The highest BCUT2D eigenvalue weighted by molar-refractivity contribution is 7.13. The molecule has 0 fully saturated rings. The Kier molecular flexibility index (Phi) is 5.08. The molecule has 0 unspecified atom stereocenters. The van der Waals surface area contributed by atoms with E-state index in [0.717, 1.165) is 4.88 Å². The van der Waals surface area contributed by atoms with Crippen LogP contribution in [0.5, 0.6) is 0 Å². The van der Waals surface area contributed by atoms with E-state index in [2.05, 4.69) is 16.0 Å². The second-order valence-corrected chi connectivity index (χ2v) is 7.16. The third kappa shape index (κ3) is 4.01. The van der Waals surface area contributed by atoms with Crippen LogP contribution in [0.1, 0.15) is 25.0 Å². The van der Waals surface area contributed by atoms with Gasteiger partial charge in [-0.15, -0.1) is 11.3 Å². The minimum atomic E-state index is -0.527. The Morgan fingerprint density at radius 2 is 1.80 bits per heavy atom. The molecule has 0 saturated carbocycles. The number of halogens is 2. The van der Waals surface area contributed by atoms with E-state index in [9.17, 15) is 9.59 Å². The number of nitrogens with zero attached hydrogens (tertiary/aromatic N) is 2. The van der Waals surface area contributed by atoms with Gasteiger partial charge in [-0.25, -0.2) is 4.68 Å². The highest BCUT2D eigenvalue weighted by Gasteiger charge is 2.13. The molecule has 128 valence electrons. The summed E-state index contributed by atoms with van der Waals surface area (Å²) >= 11 is 13.2. The molecule has 3 rings (SSSR count). The third-order valence-electron chi connectivity index (χ3n) is 3.24. The first-order chi connectivity index (χ1) is 11.9. The predicted octanol–water partition coefficient (Wildman–Crippen LogP) is 3.62. The molecular weight excluding hydrogens is 383 g/mol. The average Bonchev–Trinajstić information content (AvgIpc) is 3.24. The molecule has 2 N–H and O–H groups in total. The fraction of sp³-hybridized carbons (Fsp3) is 0.0625. The zero-order valence-corrected chi connectivity index (χ0v) is 15.2. The van der Waals surface area contributed by atoms with Gasteiger partial charge in [0.25, 0.3) is 11.8 Å². The number of benzene rings is 1. The number of nitrogens with one attached hydrogen (secondary N) is 2. The van der Waals surface area contributed by atoms with Crippen molar-refractivity contribution in [1.82, 2.24) is 20.6 Å². The van der Waals surface area contributed by atoms with E-state index in [0.29, 0.717) is 20.6 Å². The number of hydrazine groups is 1. The lowest BCUT2D eigenvalue weighted by Crippen LogP contribution is -2.41. The molecule has 0 atom stereocenters. The molecule has 6 nitrogen and oxygen atoms in total. The van der Waals surface area contributed by atoms with Crippen molar-refractivity contribution in [3.05, 3.63) is 68.1 Å². The van der Waals surface area contributed by atoms with E-state index in [4.69, 9.17) is 23.2 Å². The quantitative estimate of drug-likeness (QED) is 0.665. The lowest BCUT2D eigenvalue weighted by molar-refractivity contribution is 0.0846. The average molecular weight is 395 g/mol. The summed E-state index contributed by atoms with van der Waals surface area (Å²) in [6, 6.07) is 10.1. The molecule has 0 aliphatic heterocycles. The van der Waals surface area contributed by atoms with Crippen molar-refractivity contribution in [2.45, 2.75) is 6.92 Å². The van der Waals surface area contributed by atoms with Crippen LogP contribution in [-0.4, -0.2) is 21.6 Å². The minimum absolute atomic E-state index is 0.147. The number of thiophene rings is 1. The first-order valence-electron chi connectivity index (χ1n) is 7.12. The Labute approximate surface area is 157 Å². The van der Waals surface area contributed by atoms with Crippen LogP contribution in [0.25, 0.3) is 5.69 Å². The summed E-state index contributed by atoms with van der Waals surface area (Å²) < 4.78 is 1.49. The Morgan fingerprint density at radius 3 is 2.48 bits per heavy atom. The van der Waals surface area contributed by atoms with E-state index < -0.39 is 5.91 Å². The molecule has 3 aromatic rings. The molecule has 1 aromatic carbocycles. The van der Waals surface area contributed by atoms with Crippen LogP contribution in [0.2, 0.25) is 10.0 Å². The Bertz CT molecular complexity index is 951.